The summed E-state index contributed by atoms with van der Waals surface area (Å²) in [5.41, 5.74) is 0.535. The highest BCUT2D eigenvalue weighted by atomic mass is 35.5. The number of carbonyl (C=O) groups is 1. The average molecular weight is 280 g/mol. The van der Waals surface area contributed by atoms with E-state index in [9.17, 15) is 9.18 Å². The number of rotatable bonds is 4. The van der Waals surface area contributed by atoms with Gasteiger partial charge in [-0.25, -0.2) is 4.39 Å². The molecular weight excluding hydrogens is 269 g/mol. The number of hydrogen-bond donors (Lipinski definition) is 0. The van der Waals surface area contributed by atoms with Gasteiger partial charge < -0.3 is 4.74 Å². The minimum atomic E-state index is -0.521. The summed E-state index contributed by atoms with van der Waals surface area (Å²) in [6.07, 6.45) is 1.31. The van der Waals surface area contributed by atoms with Gasteiger partial charge in [0.05, 0.1) is 12.1 Å². The number of halogens is 2. The third-order valence-corrected chi connectivity index (χ3v) is 2.85. The molecule has 0 radical (unpaired) electrons. The molecule has 0 N–H and O–H groups in total. The van der Waals surface area contributed by atoms with Crippen LogP contribution in [0.15, 0.2) is 36.5 Å². The Hall–Kier alpha value is -1.94. The van der Waals surface area contributed by atoms with E-state index in [4.69, 9.17) is 16.3 Å². The molecule has 1 aromatic heterocycles. The first kappa shape index (κ1) is 13.5. The van der Waals surface area contributed by atoms with Gasteiger partial charge in [-0.1, -0.05) is 23.7 Å². The minimum absolute atomic E-state index is 0.0718. The van der Waals surface area contributed by atoms with Crippen LogP contribution in [0.3, 0.4) is 0 Å². The fraction of sp³-hybridized carbons (Fsp3) is 0.143. The third-order valence-electron chi connectivity index (χ3n) is 2.63. The summed E-state index contributed by atoms with van der Waals surface area (Å²) in [5, 5.41) is 0.448. The van der Waals surface area contributed by atoms with Crippen LogP contribution in [-0.4, -0.2) is 17.9 Å². The second-order valence-electron chi connectivity index (χ2n) is 3.89. The Balaban J connectivity index is 2.21. The number of hydrogen-bond acceptors (Lipinski definition) is 3. The van der Waals surface area contributed by atoms with Gasteiger partial charge in [0.1, 0.15) is 5.69 Å². The van der Waals surface area contributed by atoms with Gasteiger partial charge in [-0.15, -0.1) is 0 Å². The lowest BCUT2D eigenvalue weighted by molar-refractivity contribution is 0.0987. The second kappa shape index (κ2) is 5.80. The van der Waals surface area contributed by atoms with Crippen LogP contribution < -0.4 is 4.74 Å². The van der Waals surface area contributed by atoms with Crippen molar-refractivity contribution in [2.24, 2.45) is 0 Å². The first-order valence-electron chi connectivity index (χ1n) is 5.58. The molecular formula is C14H11ClFNO2. The number of benzene rings is 1. The number of ether oxygens (including phenoxy) is 1. The van der Waals surface area contributed by atoms with E-state index in [-0.39, 0.29) is 29.2 Å². The molecule has 0 atom stereocenters. The number of methoxy groups -OCH3 is 1. The highest BCUT2D eigenvalue weighted by Gasteiger charge is 2.14. The van der Waals surface area contributed by atoms with Crippen LogP contribution in [0.25, 0.3) is 0 Å². The molecule has 2 rings (SSSR count). The molecule has 0 aliphatic rings. The van der Waals surface area contributed by atoms with E-state index >= 15 is 0 Å². The van der Waals surface area contributed by atoms with Gasteiger partial charge in [0.25, 0.3) is 0 Å². The number of nitrogens with zero attached hydrogens (tertiary/aromatic N) is 1. The first-order valence-corrected chi connectivity index (χ1v) is 5.95. The van der Waals surface area contributed by atoms with Gasteiger partial charge in [0.15, 0.2) is 17.3 Å². The van der Waals surface area contributed by atoms with Crippen molar-refractivity contribution in [2.75, 3.05) is 7.11 Å². The predicted molar refractivity (Wildman–Crippen MR) is 70.2 cm³/mol. The number of carbonyl (C=O) groups excluding carboxylic acids is 1. The second-order valence-corrected chi connectivity index (χ2v) is 4.33. The van der Waals surface area contributed by atoms with Crippen LogP contribution in [0, 0.1) is 5.82 Å². The predicted octanol–water partition coefficient (Wildman–Crippen LogP) is 3.31. The molecule has 0 saturated heterocycles. The molecule has 0 amide bonds. The molecule has 5 heteroatoms. The highest BCUT2D eigenvalue weighted by molar-refractivity contribution is 6.30. The molecule has 1 heterocycles. The maximum atomic E-state index is 13.9. The van der Waals surface area contributed by atoms with Gasteiger partial charge in [0.2, 0.25) is 0 Å². The molecule has 2 aromatic rings. The standard InChI is InChI=1S/C14H11ClFNO2/c1-19-13-4-2-3-9(14(13)16)7-12(18)11-6-5-10(15)8-17-11/h2-6,8H,7H2,1H3. The van der Waals surface area contributed by atoms with Gasteiger partial charge in [-0.2, -0.15) is 0 Å². The van der Waals surface area contributed by atoms with Crippen molar-refractivity contribution >= 4 is 17.4 Å². The van der Waals surface area contributed by atoms with Gasteiger partial charge in [-0.3, -0.25) is 9.78 Å². The summed E-state index contributed by atoms with van der Waals surface area (Å²) in [6, 6.07) is 7.78. The van der Waals surface area contributed by atoms with Crippen molar-refractivity contribution in [3.05, 3.63) is 58.6 Å². The fourth-order valence-electron chi connectivity index (χ4n) is 1.65. The van der Waals surface area contributed by atoms with Crippen LogP contribution in [-0.2, 0) is 6.42 Å². The van der Waals surface area contributed by atoms with Crippen LogP contribution in [0.1, 0.15) is 16.1 Å². The quantitative estimate of drug-likeness (QED) is 0.806. The lowest BCUT2D eigenvalue weighted by Crippen LogP contribution is -2.07. The topological polar surface area (TPSA) is 39.2 Å². The smallest absolute Gasteiger partial charge is 0.185 e. The van der Waals surface area contributed by atoms with E-state index in [1.54, 1.807) is 18.2 Å². The van der Waals surface area contributed by atoms with Crippen LogP contribution in [0.4, 0.5) is 4.39 Å². The largest absolute Gasteiger partial charge is 0.494 e. The van der Waals surface area contributed by atoms with E-state index in [0.717, 1.165) is 0 Å². The molecule has 3 nitrogen and oxygen atoms in total. The van der Waals surface area contributed by atoms with Crippen molar-refractivity contribution in [3.63, 3.8) is 0 Å². The normalized spacial score (nSPS) is 10.3. The molecule has 0 saturated carbocycles. The Bertz CT molecular complexity index is 599. The molecule has 0 aliphatic heterocycles. The number of ketones is 1. The zero-order valence-corrected chi connectivity index (χ0v) is 10.9. The highest BCUT2D eigenvalue weighted by Crippen LogP contribution is 2.21. The number of aromatic nitrogens is 1. The lowest BCUT2D eigenvalue weighted by Gasteiger charge is -2.06. The molecule has 0 unspecified atom stereocenters. The molecule has 0 spiro atoms. The Morgan fingerprint density at radius 2 is 2.16 bits per heavy atom. The van der Waals surface area contributed by atoms with Crippen molar-refractivity contribution < 1.29 is 13.9 Å². The Morgan fingerprint density at radius 1 is 1.37 bits per heavy atom. The zero-order valence-electron chi connectivity index (χ0n) is 10.2. The summed E-state index contributed by atoms with van der Waals surface area (Å²) >= 11 is 5.69. The summed E-state index contributed by atoms with van der Waals surface area (Å²) in [4.78, 5) is 15.9. The van der Waals surface area contributed by atoms with Gasteiger partial charge >= 0.3 is 0 Å². The van der Waals surface area contributed by atoms with Crippen LogP contribution >= 0.6 is 11.6 Å². The Labute approximate surface area is 115 Å². The Kier molecular flexibility index (Phi) is 4.12. The van der Waals surface area contributed by atoms with E-state index in [1.807, 2.05) is 0 Å². The fourth-order valence-corrected chi connectivity index (χ4v) is 1.77. The number of Topliss-reactive ketones (excluding diaryl/α,β-unsaturated/α-hetero) is 1. The van der Waals surface area contributed by atoms with Gasteiger partial charge in [-0.05, 0) is 23.8 Å². The monoisotopic (exact) mass is 279 g/mol. The number of pyridine rings is 1. The maximum Gasteiger partial charge on any atom is 0.185 e. The summed E-state index contributed by atoms with van der Waals surface area (Å²) < 4.78 is 18.8. The van der Waals surface area contributed by atoms with Crippen LogP contribution in [0.5, 0.6) is 5.75 Å². The molecule has 0 fully saturated rings. The summed E-state index contributed by atoms with van der Waals surface area (Å²) in [5.74, 6) is -0.675. The summed E-state index contributed by atoms with van der Waals surface area (Å²) in [6.45, 7) is 0. The minimum Gasteiger partial charge on any atom is -0.494 e. The van der Waals surface area contributed by atoms with Crippen molar-refractivity contribution in [2.45, 2.75) is 6.42 Å². The molecule has 98 valence electrons. The molecule has 0 bridgehead atoms. The van der Waals surface area contributed by atoms with Crippen molar-refractivity contribution in [3.8, 4) is 5.75 Å². The Morgan fingerprint density at radius 3 is 2.79 bits per heavy atom. The van der Waals surface area contributed by atoms with Crippen LogP contribution in [0.2, 0.25) is 5.02 Å². The van der Waals surface area contributed by atoms with E-state index in [1.165, 1.54) is 25.4 Å². The van der Waals surface area contributed by atoms with E-state index < -0.39 is 5.82 Å². The average Bonchev–Trinajstić information content (AvgIpc) is 2.42. The van der Waals surface area contributed by atoms with Crippen molar-refractivity contribution in [1.82, 2.24) is 4.98 Å². The maximum absolute atomic E-state index is 13.9. The molecule has 1 aromatic carbocycles. The zero-order chi connectivity index (χ0) is 13.8. The lowest BCUT2D eigenvalue weighted by atomic mass is 10.1. The SMILES string of the molecule is COc1cccc(CC(=O)c2ccc(Cl)cn2)c1F. The first-order chi connectivity index (χ1) is 9.11. The summed E-state index contributed by atoms with van der Waals surface area (Å²) in [7, 11) is 1.38. The van der Waals surface area contributed by atoms with Crippen molar-refractivity contribution in [1.29, 1.82) is 0 Å². The third kappa shape index (κ3) is 3.09. The van der Waals surface area contributed by atoms with E-state index in [2.05, 4.69) is 4.98 Å². The molecule has 19 heavy (non-hydrogen) atoms. The molecule has 0 aliphatic carbocycles. The van der Waals surface area contributed by atoms with E-state index in [0.29, 0.717) is 5.02 Å². The van der Waals surface area contributed by atoms with Gasteiger partial charge in [0, 0.05) is 12.6 Å².